The molecule has 8 nitrogen and oxygen atoms in total. The summed E-state index contributed by atoms with van der Waals surface area (Å²) >= 11 is 0. The Labute approximate surface area is 127 Å². The molecular formula is C14H18N2O6. The smallest absolute Gasteiger partial charge is 0.356 e. The van der Waals surface area contributed by atoms with Crippen LogP contribution in [0.5, 0.6) is 5.75 Å². The second-order valence-electron chi connectivity index (χ2n) is 4.32. The summed E-state index contributed by atoms with van der Waals surface area (Å²) in [6, 6.07) is 5.79. The first kappa shape index (κ1) is 17.4. The number of unbranched alkanes of at least 4 members (excludes halogenated alkanes) is 1. The number of oxime groups is 1. The third-order valence-electron chi connectivity index (χ3n) is 2.76. The van der Waals surface area contributed by atoms with Crippen molar-refractivity contribution in [3.63, 3.8) is 0 Å². The summed E-state index contributed by atoms with van der Waals surface area (Å²) in [4.78, 5) is 21.4. The Hall–Kier alpha value is -2.64. The molecule has 0 aromatic heterocycles. The highest BCUT2D eigenvalue weighted by molar-refractivity contribution is 6.36. The number of ether oxygens (including phenoxy) is 2. The van der Waals surface area contributed by atoms with Crippen molar-refractivity contribution in [2.45, 2.75) is 26.2 Å². The maximum absolute atomic E-state index is 11.3. The quantitative estimate of drug-likeness (QED) is 0.187. The number of esters is 1. The topological polar surface area (TPSA) is 111 Å². The summed E-state index contributed by atoms with van der Waals surface area (Å²) in [5, 5.41) is 22.2. The molecule has 0 saturated heterocycles. The molecule has 0 atom stereocenters. The van der Waals surface area contributed by atoms with Crippen LogP contribution in [0.1, 0.15) is 26.2 Å². The van der Waals surface area contributed by atoms with Gasteiger partial charge in [0.05, 0.1) is 18.1 Å². The minimum absolute atomic E-state index is 0.00517. The van der Waals surface area contributed by atoms with E-state index in [1.165, 1.54) is 24.3 Å². The number of rotatable bonds is 9. The van der Waals surface area contributed by atoms with Crippen LogP contribution >= 0.6 is 0 Å². The van der Waals surface area contributed by atoms with Gasteiger partial charge >= 0.3 is 5.97 Å². The highest BCUT2D eigenvalue weighted by atomic mass is 16.6. The lowest BCUT2D eigenvalue weighted by Gasteiger charge is -2.06. The molecule has 8 heteroatoms. The SMILES string of the molecule is CCOC(=O)C(CCCCOc1ccc([N+](=O)[O-])cc1)=NO. The van der Waals surface area contributed by atoms with Gasteiger partial charge < -0.3 is 14.7 Å². The summed E-state index contributed by atoms with van der Waals surface area (Å²) in [6.07, 6.45) is 1.51. The van der Waals surface area contributed by atoms with E-state index >= 15 is 0 Å². The lowest BCUT2D eigenvalue weighted by atomic mass is 10.2. The number of carbonyl (C=O) groups excluding carboxylic acids is 1. The molecule has 1 rings (SSSR count). The lowest BCUT2D eigenvalue weighted by Crippen LogP contribution is -2.17. The van der Waals surface area contributed by atoms with Gasteiger partial charge in [-0.15, -0.1) is 0 Å². The van der Waals surface area contributed by atoms with Crippen molar-refractivity contribution < 1.29 is 24.4 Å². The minimum Gasteiger partial charge on any atom is -0.494 e. The minimum atomic E-state index is -0.624. The Morgan fingerprint density at radius 2 is 2.00 bits per heavy atom. The molecule has 0 heterocycles. The zero-order valence-corrected chi connectivity index (χ0v) is 12.2. The zero-order chi connectivity index (χ0) is 16.4. The van der Waals surface area contributed by atoms with E-state index in [1.54, 1.807) is 6.92 Å². The van der Waals surface area contributed by atoms with Crippen LogP contribution in [0.25, 0.3) is 0 Å². The highest BCUT2D eigenvalue weighted by Crippen LogP contribution is 2.17. The molecule has 120 valence electrons. The van der Waals surface area contributed by atoms with E-state index in [-0.39, 0.29) is 18.0 Å². The lowest BCUT2D eigenvalue weighted by molar-refractivity contribution is -0.384. The fraction of sp³-hybridized carbons (Fsp3) is 0.429. The van der Waals surface area contributed by atoms with Crippen molar-refractivity contribution in [2.75, 3.05) is 13.2 Å². The van der Waals surface area contributed by atoms with Crippen LogP contribution in [0, 0.1) is 10.1 Å². The molecule has 0 radical (unpaired) electrons. The maximum Gasteiger partial charge on any atom is 0.356 e. The van der Waals surface area contributed by atoms with Gasteiger partial charge in [-0.1, -0.05) is 5.16 Å². The van der Waals surface area contributed by atoms with Gasteiger partial charge in [-0.2, -0.15) is 0 Å². The Kier molecular flexibility index (Phi) is 7.38. The second-order valence-corrected chi connectivity index (χ2v) is 4.32. The molecule has 0 aliphatic heterocycles. The summed E-state index contributed by atoms with van der Waals surface area (Å²) in [6.45, 7) is 2.28. The van der Waals surface area contributed by atoms with Gasteiger partial charge in [0, 0.05) is 18.6 Å². The zero-order valence-electron chi connectivity index (χ0n) is 12.2. The van der Waals surface area contributed by atoms with E-state index < -0.39 is 10.9 Å². The van der Waals surface area contributed by atoms with E-state index in [1.807, 2.05) is 0 Å². The van der Waals surface area contributed by atoms with Crippen molar-refractivity contribution in [1.82, 2.24) is 0 Å². The van der Waals surface area contributed by atoms with Crippen molar-refractivity contribution in [3.8, 4) is 5.75 Å². The summed E-state index contributed by atoms with van der Waals surface area (Å²) in [7, 11) is 0. The summed E-state index contributed by atoms with van der Waals surface area (Å²) in [5.41, 5.74) is -0.0113. The normalized spacial score (nSPS) is 11.0. The summed E-state index contributed by atoms with van der Waals surface area (Å²) < 4.78 is 10.2. The van der Waals surface area contributed by atoms with Crippen LogP contribution in [-0.2, 0) is 9.53 Å². The molecule has 0 saturated carbocycles. The first-order valence-electron chi connectivity index (χ1n) is 6.83. The van der Waals surface area contributed by atoms with E-state index in [0.717, 1.165) is 0 Å². The average molecular weight is 310 g/mol. The van der Waals surface area contributed by atoms with E-state index in [2.05, 4.69) is 5.16 Å². The van der Waals surface area contributed by atoms with Crippen LogP contribution in [0.3, 0.4) is 0 Å². The first-order valence-corrected chi connectivity index (χ1v) is 6.83. The Morgan fingerprint density at radius 1 is 1.32 bits per heavy atom. The molecular weight excluding hydrogens is 292 g/mol. The number of non-ortho nitro benzene ring substituents is 1. The molecule has 0 amide bonds. The van der Waals surface area contributed by atoms with Crippen molar-refractivity contribution >= 4 is 17.4 Å². The molecule has 0 fully saturated rings. The van der Waals surface area contributed by atoms with Gasteiger partial charge in [0.2, 0.25) is 0 Å². The van der Waals surface area contributed by atoms with Crippen LogP contribution in [0.15, 0.2) is 29.4 Å². The van der Waals surface area contributed by atoms with Crippen LogP contribution in [0.2, 0.25) is 0 Å². The predicted molar refractivity (Wildman–Crippen MR) is 78.3 cm³/mol. The number of carbonyl (C=O) groups is 1. The highest BCUT2D eigenvalue weighted by Gasteiger charge is 2.12. The Balaban J connectivity index is 2.27. The third-order valence-corrected chi connectivity index (χ3v) is 2.76. The molecule has 22 heavy (non-hydrogen) atoms. The molecule has 0 aliphatic rings. The molecule has 0 aliphatic carbocycles. The van der Waals surface area contributed by atoms with Crippen LogP contribution in [-0.4, -0.2) is 35.0 Å². The molecule has 1 aromatic rings. The molecule has 0 unspecified atom stereocenters. The summed E-state index contributed by atoms with van der Waals surface area (Å²) in [5.74, 6) is -0.0895. The monoisotopic (exact) mass is 310 g/mol. The molecule has 0 spiro atoms. The number of benzene rings is 1. The number of hydrogen-bond donors (Lipinski definition) is 1. The standard InChI is InChI=1S/C14H18N2O6/c1-2-21-14(17)13(15-18)5-3-4-10-22-12-8-6-11(7-9-12)16(19)20/h6-9,18H,2-5,10H2,1H3. The fourth-order valence-corrected chi connectivity index (χ4v) is 1.66. The molecule has 1 aromatic carbocycles. The molecule has 1 N–H and O–H groups in total. The van der Waals surface area contributed by atoms with Gasteiger partial charge in [-0.05, 0) is 31.9 Å². The van der Waals surface area contributed by atoms with Crippen LogP contribution in [0.4, 0.5) is 5.69 Å². The van der Waals surface area contributed by atoms with Crippen LogP contribution < -0.4 is 4.74 Å². The molecule has 0 bridgehead atoms. The van der Waals surface area contributed by atoms with Crippen molar-refractivity contribution in [1.29, 1.82) is 0 Å². The van der Waals surface area contributed by atoms with E-state index in [9.17, 15) is 14.9 Å². The van der Waals surface area contributed by atoms with E-state index in [0.29, 0.717) is 31.6 Å². The van der Waals surface area contributed by atoms with Gasteiger partial charge in [0.25, 0.3) is 5.69 Å². The number of nitro benzene ring substituents is 1. The van der Waals surface area contributed by atoms with Crippen molar-refractivity contribution in [3.05, 3.63) is 34.4 Å². The Bertz CT molecular complexity index is 527. The average Bonchev–Trinajstić information content (AvgIpc) is 2.51. The Morgan fingerprint density at radius 3 is 2.55 bits per heavy atom. The van der Waals surface area contributed by atoms with Gasteiger partial charge in [-0.25, -0.2) is 4.79 Å². The first-order chi connectivity index (χ1) is 10.6. The van der Waals surface area contributed by atoms with Gasteiger partial charge in [0.15, 0.2) is 5.71 Å². The van der Waals surface area contributed by atoms with E-state index in [4.69, 9.17) is 14.7 Å². The predicted octanol–water partition coefficient (Wildman–Crippen LogP) is 2.54. The van der Waals surface area contributed by atoms with Gasteiger partial charge in [0.1, 0.15) is 5.75 Å². The van der Waals surface area contributed by atoms with Crippen molar-refractivity contribution in [2.24, 2.45) is 5.16 Å². The largest absolute Gasteiger partial charge is 0.494 e. The van der Waals surface area contributed by atoms with Gasteiger partial charge in [-0.3, -0.25) is 10.1 Å². The second kappa shape index (κ2) is 9.32. The maximum atomic E-state index is 11.3. The number of nitro groups is 1. The fourth-order valence-electron chi connectivity index (χ4n) is 1.66. The number of nitrogens with zero attached hydrogens (tertiary/aromatic N) is 2. The number of hydrogen-bond acceptors (Lipinski definition) is 7. The third kappa shape index (κ3) is 5.78.